The van der Waals surface area contributed by atoms with E-state index in [4.69, 9.17) is 10.9 Å². The van der Waals surface area contributed by atoms with Gasteiger partial charge in [0.1, 0.15) is 5.82 Å². The minimum absolute atomic E-state index is 0.0391. The fourth-order valence-electron chi connectivity index (χ4n) is 1.19. The highest BCUT2D eigenvalue weighted by atomic mass is 16.6. The number of nitrogen functional groups attached to an aromatic ring is 1. The third-order valence-electron chi connectivity index (χ3n) is 2.38. The van der Waals surface area contributed by atoms with Crippen LogP contribution in [0.3, 0.4) is 0 Å². The molecule has 0 aliphatic rings. The molecule has 1 aromatic rings. The maximum absolute atomic E-state index is 10.8. The van der Waals surface area contributed by atoms with E-state index in [1.807, 2.05) is 13.8 Å². The van der Waals surface area contributed by atoms with Crippen molar-refractivity contribution in [2.45, 2.75) is 13.8 Å². The predicted molar refractivity (Wildman–Crippen MR) is 68.1 cm³/mol. The van der Waals surface area contributed by atoms with Gasteiger partial charge in [-0.05, 0) is 6.07 Å². The number of aliphatic hydroxyl groups excluding tert-OH is 1. The van der Waals surface area contributed by atoms with Crippen molar-refractivity contribution in [3.63, 3.8) is 0 Å². The quantitative estimate of drug-likeness (QED) is 0.335. The molecule has 0 saturated carbocycles. The van der Waals surface area contributed by atoms with Gasteiger partial charge < -0.3 is 15.8 Å². The van der Waals surface area contributed by atoms with Crippen LogP contribution in [0.25, 0.3) is 0 Å². The topological polar surface area (TPSA) is 126 Å². The average Bonchev–Trinajstić information content (AvgIpc) is 2.36. The van der Waals surface area contributed by atoms with Gasteiger partial charge in [-0.25, -0.2) is 10.8 Å². The van der Waals surface area contributed by atoms with Crippen LogP contribution < -0.4 is 16.6 Å². The Hall–Kier alpha value is -1.93. The molecular formula is C10H17N5O3. The lowest BCUT2D eigenvalue weighted by molar-refractivity contribution is -0.384. The summed E-state index contributed by atoms with van der Waals surface area (Å²) in [6.45, 7) is 3.97. The number of nitrogens with one attached hydrogen (secondary N) is 2. The van der Waals surface area contributed by atoms with E-state index < -0.39 is 10.3 Å². The van der Waals surface area contributed by atoms with E-state index in [1.54, 1.807) is 0 Å². The molecule has 0 spiro atoms. The molecule has 8 nitrogen and oxygen atoms in total. The molecule has 0 atom stereocenters. The summed E-state index contributed by atoms with van der Waals surface area (Å²) in [5, 5.41) is 22.8. The molecule has 0 fully saturated rings. The van der Waals surface area contributed by atoms with E-state index in [2.05, 4.69) is 15.7 Å². The van der Waals surface area contributed by atoms with Crippen molar-refractivity contribution in [2.75, 3.05) is 23.9 Å². The monoisotopic (exact) mass is 255 g/mol. The first kappa shape index (κ1) is 14.1. The zero-order valence-corrected chi connectivity index (χ0v) is 10.3. The standard InChI is InChI=1S/C10H17N5O3/c1-10(2,6-16)5-12-9-7(15(17)18)3-4-8(13-9)14-11/h3-4,16H,5-6,11H2,1-2H3,(H2,12,13,14). The Morgan fingerprint density at radius 2 is 2.22 bits per heavy atom. The van der Waals surface area contributed by atoms with Crippen molar-refractivity contribution >= 4 is 17.3 Å². The first-order valence-electron chi connectivity index (χ1n) is 5.36. The van der Waals surface area contributed by atoms with Crippen molar-refractivity contribution in [2.24, 2.45) is 11.3 Å². The van der Waals surface area contributed by atoms with E-state index in [1.165, 1.54) is 12.1 Å². The van der Waals surface area contributed by atoms with E-state index in [0.29, 0.717) is 12.4 Å². The molecule has 0 bridgehead atoms. The van der Waals surface area contributed by atoms with Gasteiger partial charge in [-0.1, -0.05) is 13.8 Å². The van der Waals surface area contributed by atoms with E-state index in [9.17, 15) is 10.1 Å². The van der Waals surface area contributed by atoms with Crippen LogP contribution in [0.2, 0.25) is 0 Å². The van der Waals surface area contributed by atoms with Gasteiger partial charge in [0.25, 0.3) is 0 Å². The molecule has 1 aromatic heterocycles. The van der Waals surface area contributed by atoms with Crippen molar-refractivity contribution in [3.05, 3.63) is 22.2 Å². The number of rotatable bonds is 6. The van der Waals surface area contributed by atoms with Crippen molar-refractivity contribution in [1.29, 1.82) is 0 Å². The molecule has 0 amide bonds. The van der Waals surface area contributed by atoms with Gasteiger partial charge in [0.15, 0.2) is 0 Å². The fourth-order valence-corrected chi connectivity index (χ4v) is 1.19. The Morgan fingerprint density at radius 3 is 2.72 bits per heavy atom. The van der Waals surface area contributed by atoms with E-state index >= 15 is 0 Å². The van der Waals surface area contributed by atoms with Crippen molar-refractivity contribution in [3.8, 4) is 0 Å². The molecule has 18 heavy (non-hydrogen) atoms. The second-order valence-electron chi connectivity index (χ2n) is 4.64. The second kappa shape index (κ2) is 5.61. The van der Waals surface area contributed by atoms with Crippen molar-refractivity contribution < 1.29 is 10.0 Å². The summed E-state index contributed by atoms with van der Waals surface area (Å²) in [4.78, 5) is 14.3. The van der Waals surface area contributed by atoms with Crippen LogP contribution in [0.15, 0.2) is 12.1 Å². The number of aliphatic hydroxyl groups is 1. The zero-order valence-electron chi connectivity index (χ0n) is 10.3. The Balaban J connectivity index is 2.94. The number of hydrazine groups is 1. The number of hydrogen-bond donors (Lipinski definition) is 4. The summed E-state index contributed by atoms with van der Waals surface area (Å²) < 4.78 is 0. The van der Waals surface area contributed by atoms with Gasteiger partial charge in [-0.2, -0.15) is 0 Å². The molecule has 0 aliphatic heterocycles. The Kier molecular flexibility index (Phi) is 4.40. The predicted octanol–water partition coefficient (Wildman–Crippen LogP) is 0.706. The highest BCUT2D eigenvalue weighted by Gasteiger charge is 2.20. The number of anilines is 2. The number of pyridine rings is 1. The molecule has 1 rings (SSSR count). The van der Waals surface area contributed by atoms with Crippen LogP contribution in [-0.4, -0.2) is 28.2 Å². The molecule has 0 aromatic carbocycles. The number of nitro groups is 1. The summed E-state index contributed by atoms with van der Waals surface area (Å²) in [5.41, 5.74) is 1.78. The van der Waals surface area contributed by atoms with E-state index in [0.717, 1.165) is 0 Å². The van der Waals surface area contributed by atoms with Gasteiger partial charge in [-0.3, -0.25) is 10.1 Å². The fraction of sp³-hybridized carbons (Fsp3) is 0.500. The van der Waals surface area contributed by atoms with Crippen LogP contribution in [-0.2, 0) is 0 Å². The summed E-state index contributed by atoms with van der Waals surface area (Å²) in [6, 6.07) is 2.73. The Morgan fingerprint density at radius 1 is 1.56 bits per heavy atom. The SMILES string of the molecule is CC(C)(CO)CNc1nc(NN)ccc1[N+](=O)[O-]. The molecular weight excluding hydrogens is 238 g/mol. The molecule has 0 aliphatic carbocycles. The third-order valence-corrected chi connectivity index (χ3v) is 2.38. The second-order valence-corrected chi connectivity index (χ2v) is 4.64. The van der Waals surface area contributed by atoms with Crippen LogP contribution in [0.4, 0.5) is 17.3 Å². The molecule has 5 N–H and O–H groups in total. The smallest absolute Gasteiger partial charge is 0.311 e. The molecule has 0 unspecified atom stereocenters. The van der Waals surface area contributed by atoms with Crippen LogP contribution in [0.5, 0.6) is 0 Å². The Bertz CT molecular complexity index is 436. The number of nitrogens with two attached hydrogens (primary N) is 1. The summed E-state index contributed by atoms with van der Waals surface area (Å²) >= 11 is 0. The van der Waals surface area contributed by atoms with Gasteiger partial charge >= 0.3 is 5.69 Å². The first-order valence-corrected chi connectivity index (χ1v) is 5.36. The normalized spacial score (nSPS) is 11.1. The molecule has 0 radical (unpaired) electrons. The number of aromatic nitrogens is 1. The van der Waals surface area contributed by atoms with Crippen LogP contribution >= 0.6 is 0 Å². The lowest BCUT2D eigenvalue weighted by atomic mass is 9.95. The summed E-state index contributed by atoms with van der Waals surface area (Å²) in [7, 11) is 0. The minimum atomic E-state index is -0.526. The first-order chi connectivity index (χ1) is 8.39. The third kappa shape index (κ3) is 3.54. The number of nitrogens with zero attached hydrogens (tertiary/aromatic N) is 2. The molecule has 1 heterocycles. The molecule has 100 valence electrons. The highest BCUT2D eigenvalue weighted by molar-refractivity contribution is 5.60. The highest BCUT2D eigenvalue weighted by Crippen LogP contribution is 2.25. The lowest BCUT2D eigenvalue weighted by Gasteiger charge is -2.22. The van der Waals surface area contributed by atoms with Gasteiger partial charge in [0, 0.05) is 24.6 Å². The lowest BCUT2D eigenvalue weighted by Crippen LogP contribution is -2.27. The average molecular weight is 255 g/mol. The van der Waals surface area contributed by atoms with Gasteiger partial charge in [0.05, 0.1) is 4.92 Å². The minimum Gasteiger partial charge on any atom is -0.396 e. The van der Waals surface area contributed by atoms with Crippen LogP contribution in [0.1, 0.15) is 13.8 Å². The maximum Gasteiger partial charge on any atom is 0.311 e. The maximum atomic E-state index is 10.8. The van der Waals surface area contributed by atoms with Crippen LogP contribution in [0, 0.1) is 15.5 Å². The molecule has 0 saturated heterocycles. The van der Waals surface area contributed by atoms with E-state index in [-0.39, 0.29) is 18.1 Å². The number of hydrogen-bond acceptors (Lipinski definition) is 7. The van der Waals surface area contributed by atoms with Gasteiger partial charge in [0.2, 0.25) is 5.82 Å². The summed E-state index contributed by atoms with van der Waals surface area (Å²) in [5.74, 6) is 5.65. The summed E-state index contributed by atoms with van der Waals surface area (Å²) in [6.07, 6.45) is 0. The van der Waals surface area contributed by atoms with Crippen molar-refractivity contribution in [1.82, 2.24) is 4.98 Å². The zero-order chi connectivity index (χ0) is 13.8. The Labute approximate surface area is 104 Å². The molecule has 8 heteroatoms. The van der Waals surface area contributed by atoms with Gasteiger partial charge in [-0.15, -0.1) is 0 Å². The largest absolute Gasteiger partial charge is 0.396 e.